The fourth-order valence-electron chi connectivity index (χ4n) is 4.16. The van der Waals surface area contributed by atoms with Gasteiger partial charge in [-0.15, -0.1) is 0 Å². The Labute approximate surface area is 208 Å². The second kappa shape index (κ2) is 10.4. The molecule has 3 rings (SSSR count). The fourth-order valence-corrected chi connectivity index (χ4v) is 4.16. The van der Waals surface area contributed by atoms with Crippen molar-refractivity contribution >= 4 is 23.4 Å². The lowest BCUT2D eigenvalue weighted by Gasteiger charge is -2.38. The molecular weight excluding hydrogens is 510 g/mol. The first-order chi connectivity index (χ1) is 17.2. The van der Waals surface area contributed by atoms with Crippen molar-refractivity contribution < 1.29 is 50.1 Å². The van der Waals surface area contributed by atoms with Crippen molar-refractivity contribution in [1.82, 2.24) is 0 Å². The van der Waals surface area contributed by atoms with Gasteiger partial charge in [0.2, 0.25) is 5.91 Å². The van der Waals surface area contributed by atoms with Crippen LogP contribution >= 0.6 is 0 Å². The summed E-state index contributed by atoms with van der Waals surface area (Å²) in [5, 5.41) is 2.19. The van der Waals surface area contributed by atoms with Crippen molar-refractivity contribution in [3.05, 3.63) is 47.0 Å². The first-order valence-corrected chi connectivity index (χ1v) is 11.0. The largest absolute Gasteiger partial charge is 0.493 e. The zero-order chi connectivity index (χ0) is 27.7. The van der Waals surface area contributed by atoms with E-state index >= 15 is 0 Å². The molecule has 1 heterocycles. The summed E-state index contributed by atoms with van der Waals surface area (Å²) in [5.41, 5.74) is -3.31. The van der Waals surface area contributed by atoms with E-state index in [0.29, 0.717) is 12.1 Å². The lowest BCUT2D eigenvalue weighted by atomic mass is 9.85. The van der Waals surface area contributed by atoms with Crippen molar-refractivity contribution in [3.8, 4) is 11.5 Å². The number of ether oxygens (including phenoxy) is 3. The minimum atomic E-state index is -5.07. The predicted octanol–water partition coefficient (Wildman–Crippen LogP) is 6.22. The number of alkyl halides is 6. The summed E-state index contributed by atoms with van der Waals surface area (Å²) < 4.78 is 95.2. The molecule has 1 aliphatic rings. The number of nitrogens with one attached hydrogen (secondary N) is 1. The summed E-state index contributed by atoms with van der Waals surface area (Å²) in [6.07, 6.45) is -10.8. The number of rotatable bonds is 5. The van der Waals surface area contributed by atoms with Crippen molar-refractivity contribution in [2.75, 3.05) is 31.0 Å². The predicted molar refractivity (Wildman–Crippen MR) is 121 cm³/mol. The summed E-state index contributed by atoms with van der Waals surface area (Å²) in [7, 11) is 2.70. The van der Waals surface area contributed by atoms with Crippen LogP contribution in [0.15, 0.2) is 30.3 Å². The molecule has 7 nitrogen and oxygen atoms in total. The average Bonchev–Trinajstić information content (AvgIpc) is 2.81. The molecule has 202 valence electrons. The zero-order valence-electron chi connectivity index (χ0n) is 20.2. The molecule has 2 aromatic carbocycles. The molecule has 1 N–H and O–H groups in total. The summed E-state index contributed by atoms with van der Waals surface area (Å²) in [5.74, 6) is -1.48. The van der Waals surface area contributed by atoms with Crippen LogP contribution in [0.5, 0.6) is 11.5 Å². The molecule has 0 fully saturated rings. The Kier molecular flexibility index (Phi) is 7.84. The number of benzene rings is 2. The highest BCUT2D eigenvalue weighted by atomic mass is 19.4. The van der Waals surface area contributed by atoms with Crippen LogP contribution < -0.4 is 19.7 Å². The number of methoxy groups -OCH3 is 2. The molecule has 0 bridgehead atoms. The van der Waals surface area contributed by atoms with Crippen LogP contribution in [0, 0.1) is 0 Å². The molecule has 0 saturated heterocycles. The molecule has 37 heavy (non-hydrogen) atoms. The van der Waals surface area contributed by atoms with E-state index in [9.17, 15) is 35.9 Å². The minimum absolute atomic E-state index is 0.00177. The highest BCUT2D eigenvalue weighted by Gasteiger charge is 2.40. The van der Waals surface area contributed by atoms with Crippen LogP contribution in [-0.2, 0) is 21.9 Å². The summed E-state index contributed by atoms with van der Waals surface area (Å²) >= 11 is 0. The molecule has 0 aliphatic carbocycles. The fraction of sp³-hybridized carbons (Fsp3) is 0.417. The lowest BCUT2D eigenvalue weighted by molar-refractivity contribution is -0.143. The second-order valence-electron chi connectivity index (χ2n) is 8.26. The topological polar surface area (TPSA) is 77.1 Å². The Morgan fingerprint density at radius 3 is 1.97 bits per heavy atom. The molecule has 13 heteroatoms. The number of carbonyl (C=O) groups is 2. The number of hydrogen-bond acceptors (Lipinski definition) is 5. The van der Waals surface area contributed by atoms with E-state index < -0.39 is 53.1 Å². The smallest absolute Gasteiger partial charge is 0.416 e. The molecule has 0 aromatic heterocycles. The lowest BCUT2D eigenvalue weighted by Crippen LogP contribution is -2.45. The molecule has 2 atom stereocenters. The van der Waals surface area contributed by atoms with E-state index in [4.69, 9.17) is 14.2 Å². The SMILES string of the molecule is CCOC(=O)N1c2cc(OC)c(OC)cc2C(C(=O)Nc2cc(C(F)(F)F)cc(C(F)(F)F)c2)CC1C. The van der Waals surface area contributed by atoms with E-state index in [1.807, 2.05) is 0 Å². The van der Waals surface area contributed by atoms with Crippen LogP contribution in [0.4, 0.5) is 42.5 Å². The Hall–Kier alpha value is -3.64. The Morgan fingerprint density at radius 1 is 0.946 bits per heavy atom. The number of fused-ring (bicyclic) bond motifs is 1. The van der Waals surface area contributed by atoms with Crippen LogP contribution in [0.3, 0.4) is 0 Å². The van der Waals surface area contributed by atoms with Gasteiger partial charge in [-0.2, -0.15) is 26.3 Å². The Bertz CT molecular complexity index is 1150. The van der Waals surface area contributed by atoms with Gasteiger partial charge in [-0.1, -0.05) is 0 Å². The maximum absolute atomic E-state index is 13.3. The van der Waals surface area contributed by atoms with E-state index in [2.05, 4.69) is 5.32 Å². The molecule has 2 unspecified atom stereocenters. The van der Waals surface area contributed by atoms with Crippen molar-refractivity contribution in [2.45, 2.75) is 44.6 Å². The van der Waals surface area contributed by atoms with Crippen LogP contribution in [-0.4, -0.2) is 38.9 Å². The molecular formula is C24H24F6N2O5. The number of carbonyl (C=O) groups excluding carboxylic acids is 2. The van der Waals surface area contributed by atoms with Gasteiger partial charge < -0.3 is 19.5 Å². The summed E-state index contributed by atoms with van der Waals surface area (Å²) in [6.45, 7) is 3.32. The van der Waals surface area contributed by atoms with Gasteiger partial charge in [-0.25, -0.2) is 4.79 Å². The van der Waals surface area contributed by atoms with Crippen LogP contribution in [0.1, 0.15) is 42.9 Å². The van der Waals surface area contributed by atoms with Crippen LogP contribution in [0.25, 0.3) is 0 Å². The molecule has 2 aromatic rings. The van der Waals surface area contributed by atoms with E-state index in [1.165, 1.54) is 31.3 Å². The number of amides is 2. The Morgan fingerprint density at radius 2 is 1.49 bits per heavy atom. The first kappa shape index (κ1) is 27.9. The first-order valence-electron chi connectivity index (χ1n) is 11.0. The molecule has 1 aliphatic heterocycles. The van der Waals surface area contributed by atoms with Crippen molar-refractivity contribution in [1.29, 1.82) is 0 Å². The highest BCUT2D eigenvalue weighted by molar-refractivity contribution is 6.00. The van der Waals surface area contributed by atoms with Gasteiger partial charge in [-0.05, 0) is 50.1 Å². The van der Waals surface area contributed by atoms with Gasteiger partial charge in [0.05, 0.1) is 43.6 Å². The van der Waals surface area contributed by atoms with E-state index in [0.717, 1.165) is 0 Å². The Balaban J connectivity index is 2.08. The van der Waals surface area contributed by atoms with Crippen LogP contribution in [0.2, 0.25) is 0 Å². The molecule has 0 radical (unpaired) electrons. The van der Waals surface area contributed by atoms with Gasteiger partial charge >= 0.3 is 18.4 Å². The van der Waals surface area contributed by atoms with Gasteiger partial charge in [0.15, 0.2) is 11.5 Å². The van der Waals surface area contributed by atoms with E-state index in [1.54, 1.807) is 13.8 Å². The van der Waals surface area contributed by atoms with Crippen molar-refractivity contribution in [2.24, 2.45) is 0 Å². The van der Waals surface area contributed by atoms with Crippen molar-refractivity contribution in [3.63, 3.8) is 0 Å². The number of anilines is 2. The maximum atomic E-state index is 13.3. The third kappa shape index (κ3) is 5.86. The van der Waals surface area contributed by atoms with Gasteiger partial charge in [-0.3, -0.25) is 9.69 Å². The third-order valence-corrected chi connectivity index (χ3v) is 5.82. The molecule has 0 spiro atoms. The summed E-state index contributed by atoms with van der Waals surface area (Å²) in [4.78, 5) is 27.2. The minimum Gasteiger partial charge on any atom is -0.493 e. The maximum Gasteiger partial charge on any atom is 0.416 e. The van der Waals surface area contributed by atoms with E-state index in [-0.39, 0.29) is 41.8 Å². The monoisotopic (exact) mass is 534 g/mol. The average molecular weight is 534 g/mol. The standard InChI is InChI=1S/C24H24F6N2O5/c1-5-37-22(34)32-12(2)6-17(16-10-19(35-3)20(36-4)11-18(16)32)21(33)31-15-8-13(23(25,26)27)7-14(9-15)24(28,29)30/h7-12,17H,5-6H2,1-4H3,(H,31,33). The number of halogens is 6. The quantitative estimate of drug-likeness (QED) is 0.461. The molecule has 0 saturated carbocycles. The van der Waals surface area contributed by atoms with Gasteiger partial charge in [0, 0.05) is 17.8 Å². The zero-order valence-corrected chi connectivity index (χ0v) is 20.2. The molecule has 2 amide bonds. The highest BCUT2D eigenvalue weighted by Crippen LogP contribution is 2.45. The summed E-state index contributed by atoms with van der Waals surface area (Å²) in [6, 6.07) is 3.10. The normalized spacial score (nSPS) is 17.6. The number of hydrogen-bond donors (Lipinski definition) is 1. The second-order valence-corrected chi connectivity index (χ2v) is 8.26. The van der Waals surface area contributed by atoms with Gasteiger partial charge in [0.25, 0.3) is 0 Å². The third-order valence-electron chi connectivity index (χ3n) is 5.82. The number of nitrogens with zero attached hydrogens (tertiary/aromatic N) is 1. The van der Waals surface area contributed by atoms with Gasteiger partial charge in [0.1, 0.15) is 0 Å².